The van der Waals surface area contributed by atoms with Gasteiger partial charge in [-0.05, 0) is 44.5 Å². The highest BCUT2D eigenvalue weighted by Gasteiger charge is 2.05. The predicted octanol–water partition coefficient (Wildman–Crippen LogP) is 2.66. The lowest BCUT2D eigenvalue weighted by Crippen LogP contribution is -2.37. The van der Waals surface area contributed by atoms with E-state index in [1.807, 2.05) is 39.0 Å². The van der Waals surface area contributed by atoms with Crippen LogP contribution in [0.5, 0.6) is 0 Å². The van der Waals surface area contributed by atoms with Crippen LogP contribution in [0.3, 0.4) is 0 Å². The van der Waals surface area contributed by atoms with E-state index >= 15 is 0 Å². The molecule has 0 aromatic heterocycles. The van der Waals surface area contributed by atoms with Gasteiger partial charge in [0.2, 0.25) is 5.91 Å². The van der Waals surface area contributed by atoms with E-state index < -0.39 is 0 Å². The van der Waals surface area contributed by atoms with Crippen molar-refractivity contribution in [3.05, 3.63) is 28.2 Å². The highest BCUT2D eigenvalue weighted by atomic mass is 79.9. The molecule has 0 saturated carbocycles. The summed E-state index contributed by atoms with van der Waals surface area (Å²) in [6.07, 6.45) is 0.357. The zero-order chi connectivity index (χ0) is 15.7. The van der Waals surface area contributed by atoms with Crippen molar-refractivity contribution in [3.8, 4) is 0 Å². The molecule has 0 spiro atoms. The van der Waals surface area contributed by atoms with Crippen molar-refractivity contribution >= 4 is 33.5 Å². The summed E-state index contributed by atoms with van der Waals surface area (Å²) >= 11 is 3.41. The Morgan fingerprint density at radius 1 is 1.24 bits per heavy atom. The van der Waals surface area contributed by atoms with E-state index in [0.29, 0.717) is 13.0 Å². The molecule has 0 aliphatic carbocycles. The topological polar surface area (TPSA) is 65.5 Å². The van der Waals surface area contributed by atoms with Crippen LogP contribution in [0.1, 0.15) is 25.8 Å². The van der Waals surface area contributed by atoms with Gasteiger partial charge in [0, 0.05) is 29.7 Å². The number of nitrogens with one attached hydrogen (secondary N) is 3. The summed E-state index contributed by atoms with van der Waals surface area (Å²) in [6, 6.07) is 5.78. The minimum atomic E-state index is -0.0310. The number of nitrogens with zero attached hydrogens (tertiary/aromatic N) is 1. The molecule has 5 nitrogen and oxygen atoms in total. The zero-order valence-corrected chi connectivity index (χ0v) is 14.4. The summed E-state index contributed by atoms with van der Waals surface area (Å²) in [5.41, 5.74) is 1.87. The molecule has 0 fully saturated rings. The molecule has 1 aromatic carbocycles. The Balaban J connectivity index is 2.48. The number of halogens is 1. The number of carbonyl (C=O) groups excluding carboxylic acids is 1. The van der Waals surface area contributed by atoms with E-state index in [2.05, 4.69) is 36.9 Å². The van der Waals surface area contributed by atoms with Gasteiger partial charge in [-0.2, -0.15) is 0 Å². The molecule has 1 amide bonds. The number of hydrogen-bond acceptors (Lipinski definition) is 2. The van der Waals surface area contributed by atoms with Crippen LogP contribution >= 0.6 is 15.9 Å². The highest BCUT2D eigenvalue weighted by molar-refractivity contribution is 9.10. The third kappa shape index (κ3) is 6.62. The summed E-state index contributed by atoms with van der Waals surface area (Å²) in [5, 5.41) is 9.15. The van der Waals surface area contributed by atoms with Gasteiger partial charge in [-0.15, -0.1) is 0 Å². The van der Waals surface area contributed by atoms with E-state index in [1.54, 1.807) is 0 Å². The quantitative estimate of drug-likeness (QED) is 0.543. The Labute approximate surface area is 134 Å². The van der Waals surface area contributed by atoms with Crippen LogP contribution in [0.25, 0.3) is 0 Å². The summed E-state index contributed by atoms with van der Waals surface area (Å²) in [4.78, 5) is 16.3. The normalized spacial score (nSPS) is 9.90. The highest BCUT2D eigenvalue weighted by Crippen LogP contribution is 2.20. The molecule has 116 valence electrons. The molecule has 0 heterocycles. The minimum absolute atomic E-state index is 0.0310. The van der Waals surface area contributed by atoms with E-state index in [1.165, 1.54) is 0 Å². The van der Waals surface area contributed by atoms with Gasteiger partial charge in [0.25, 0.3) is 0 Å². The SMILES string of the molecule is CCNC(=NCCC(=O)Nc1ccc(Br)cc1C)NCC. The number of hydrogen-bond donors (Lipinski definition) is 3. The number of rotatable bonds is 6. The maximum atomic E-state index is 11.9. The van der Waals surface area contributed by atoms with Crippen molar-refractivity contribution in [1.82, 2.24) is 10.6 Å². The predicted molar refractivity (Wildman–Crippen MR) is 91.8 cm³/mol. The third-order valence-corrected chi connectivity index (χ3v) is 3.25. The second kappa shape index (κ2) is 9.39. The number of aliphatic imine (C=N–C) groups is 1. The molecule has 0 bridgehead atoms. The van der Waals surface area contributed by atoms with Crippen LogP contribution in [-0.4, -0.2) is 31.5 Å². The van der Waals surface area contributed by atoms with Crippen LogP contribution in [0.15, 0.2) is 27.7 Å². The van der Waals surface area contributed by atoms with Crippen molar-refractivity contribution in [1.29, 1.82) is 0 Å². The van der Waals surface area contributed by atoms with E-state index in [0.717, 1.165) is 34.8 Å². The first kappa shape index (κ1) is 17.5. The second-order valence-corrected chi connectivity index (χ2v) is 5.46. The van der Waals surface area contributed by atoms with E-state index in [9.17, 15) is 4.79 Å². The molecular weight excluding hydrogens is 332 g/mol. The standard InChI is InChI=1S/C15H23BrN4O/c1-4-17-15(18-5-2)19-9-8-14(21)20-13-7-6-12(16)10-11(13)3/h6-7,10H,4-5,8-9H2,1-3H3,(H,20,21)(H2,17,18,19). The van der Waals surface area contributed by atoms with Crippen LogP contribution in [0.4, 0.5) is 5.69 Å². The fraction of sp³-hybridized carbons (Fsp3) is 0.467. The largest absolute Gasteiger partial charge is 0.357 e. The smallest absolute Gasteiger partial charge is 0.226 e. The van der Waals surface area contributed by atoms with Crippen LogP contribution in [0.2, 0.25) is 0 Å². The average molecular weight is 355 g/mol. The Morgan fingerprint density at radius 3 is 2.48 bits per heavy atom. The van der Waals surface area contributed by atoms with Crippen molar-refractivity contribution in [2.24, 2.45) is 4.99 Å². The lowest BCUT2D eigenvalue weighted by atomic mass is 10.2. The lowest BCUT2D eigenvalue weighted by molar-refractivity contribution is -0.116. The van der Waals surface area contributed by atoms with Gasteiger partial charge in [0.15, 0.2) is 5.96 Å². The summed E-state index contributed by atoms with van der Waals surface area (Å²) in [5.74, 6) is 0.712. The van der Waals surface area contributed by atoms with Crippen LogP contribution in [0, 0.1) is 6.92 Å². The van der Waals surface area contributed by atoms with Crippen LogP contribution < -0.4 is 16.0 Å². The Morgan fingerprint density at radius 2 is 1.90 bits per heavy atom. The maximum Gasteiger partial charge on any atom is 0.226 e. The third-order valence-electron chi connectivity index (χ3n) is 2.76. The average Bonchev–Trinajstić information content (AvgIpc) is 2.42. The molecule has 1 aromatic rings. The summed E-state index contributed by atoms with van der Waals surface area (Å²) < 4.78 is 1.00. The molecule has 21 heavy (non-hydrogen) atoms. The van der Waals surface area contributed by atoms with Gasteiger partial charge in [-0.25, -0.2) is 0 Å². The molecule has 0 radical (unpaired) electrons. The minimum Gasteiger partial charge on any atom is -0.357 e. The Hall–Kier alpha value is -1.56. The molecule has 3 N–H and O–H groups in total. The number of carbonyl (C=O) groups is 1. The van der Waals surface area contributed by atoms with Crippen LogP contribution in [-0.2, 0) is 4.79 Å². The number of anilines is 1. The number of amides is 1. The summed E-state index contributed by atoms with van der Waals surface area (Å²) in [6.45, 7) is 8.04. The first-order valence-corrected chi connectivity index (χ1v) is 7.94. The van der Waals surface area contributed by atoms with E-state index in [-0.39, 0.29) is 5.91 Å². The molecule has 1 rings (SSSR count). The molecule has 0 aliphatic rings. The van der Waals surface area contributed by atoms with E-state index in [4.69, 9.17) is 0 Å². The number of benzene rings is 1. The number of guanidine groups is 1. The van der Waals surface area contributed by atoms with Crippen molar-refractivity contribution < 1.29 is 4.79 Å². The first-order valence-electron chi connectivity index (χ1n) is 7.15. The van der Waals surface area contributed by atoms with Gasteiger partial charge < -0.3 is 16.0 Å². The molecule has 0 unspecified atom stereocenters. The van der Waals surface area contributed by atoms with Gasteiger partial charge in [-0.1, -0.05) is 15.9 Å². The second-order valence-electron chi connectivity index (χ2n) is 4.55. The maximum absolute atomic E-state index is 11.9. The summed E-state index contributed by atoms with van der Waals surface area (Å²) in [7, 11) is 0. The van der Waals surface area contributed by atoms with Crippen molar-refractivity contribution in [2.75, 3.05) is 25.0 Å². The molecule has 0 aliphatic heterocycles. The lowest BCUT2D eigenvalue weighted by Gasteiger charge is -2.10. The van der Waals surface area contributed by atoms with Crippen molar-refractivity contribution in [3.63, 3.8) is 0 Å². The fourth-order valence-electron chi connectivity index (χ4n) is 1.76. The first-order chi connectivity index (χ1) is 10.1. The van der Waals surface area contributed by atoms with Gasteiger partial charge in [0.05, 0.1) is 6.54 Å². The Bertz CT molecular complexity index is 494. The molecule has 0 atom stereocenters. The van der Waals surface area contributed by atoms with Crippen molar-refractivity contribution in [2.45, 2.75) is 27.2 Å². The molecule has 0 saturated heterocycles. The number of aryl methyl sites for hydroxylation is 1. The Kier molecular flexibility index (Phi) is 7.82. The van der Waals surface area contributed by atoms with Gasteiger partial charge >= 0.3 is 0 Å². The molecular formula is C15H23BrN4O. The monoisotopic (exact) mass is 354 g/mol. The zero-order valence-electron chi connectivity index (χ0n) is 12.8. The van der Waals surface area contributed by atoms with Gasteiger partial charge in [-0.3, -0.25) is 9.79 Å². The fourth-order valence-corrected chi connectivity index (χ4v) is 2.23. The van der Waals surface area contributed by atoms with Gasteiger partial charge in [0.1, 0.15) is 0 Å². The molecule has 6 heteroatoms.